The second-order valence-electron chi connectivity index (χ2n) is 17.9. The number of fused-ring (bicyclic) bond motifs is 5. The lowest BCUT2D eigenvalue weighted by atomic mass is 9.46. The fourth-order valence-corrected chi connectivity index (χ4v) is 11.1. The average molecular weight is 665 g/mol. The molecule has 48 heavy (non-hydrogen) atoms. The van der Waals surface area contributed by atoms with Crippen molar-refractivity contribution in [1.29, 1.82) is 0 Å². The smallest absolute Gasteiger partial charge is 0.306 e. The zero-order chi connectivity index (χ0) is 34.6. The summed E-state index contributed by atoms with van der Waals surface area (Å²) >= 11 is 0. The number of ether oxygens (including phenoxy) is 1. The van der Waals surface area contributed by atoms with Crippen LogP contribution in [-0.4, -0.2) is 17.9 Å². The van der Waals surface area contributed by atoms with Crippen molar-refractivity contribution < 1.29 is 14.3 Å². The quantitative estimate of drug-likeness (QED) is 0.0697. The number of unbranched alkanes of at least 4 members (excludes halogenated alkanes) is 11. The van der Waals surface area contributed by atoms with E-state index in [1.165, 1.54) is 121 Å². The third-order valence-electron chi connectivity index (χ3n) is 14.0. The summed E-state index contributed by atoms with van der Waals surface area (Å²) in [6, 6.07) is 0. The molecule has 0 saturated heterocycles. The predicted octanol–water partition coefficient (Wildman–Crippen LogP) is 13.2. The third kappa shape index (κ3) is 10.3. The molecule has 0 aromatic heterocycles. The highest BCUT2D eigenvalue weighted by Gasteiger charge is 2.61. The van der Waals surface area contributed by atoms with Crippen molar-refractivity contribution in [1.82, 2.24) is 0 Å². The SMILES string of the molecule is CCCCCCCC/C=C\CCCCCCCC(=O)O[C@H]1CC[C@@]2(C)C(=CC(=O)[C@H]3[C@@H]4CC[C@H]([C@H](C)CCCC(C)C)[C@@]4(C)CC[C@@H]32)C1. The molecule has 0 spiro atoms. The molecule has 4 aliphatic carbocycles. The van der Waals surface area contributed by atoms with E-state index in [1.54, 1.807) is 0 Å². The van der Waals surface area contributed by atoms with Crippen LogP contribution in [0.5, 0.6) is 0 Å². The van der Waals surface area contributed by atoms with Gasteiger partial charge in [0.15, 0.2) is 5.78 Å². The summed E-state index contributed by atoms with van der Waals surface area (Å²) in [6.07, 6.45) is 35.5. The highest BCUT2D eigenvalue weighted by Crippen LogP contribution is 2.66. The Morgan fingerprint density at radius 1 is 0.812 bits per heavy atom. The average Bonchev–Trinajstić information content (AvgIpc) is 3.40. The maximum absolute atomic E-state index is 13.9. The molecule has 8 atom stereocenters. The second-order valence-corrected chi connectivity index (χ2v) is 17.9. The van der Waals surface area contributed by atoms with E-state index in [9.17, 15) is 9.59 Å². The van der Waals surface area contributed by atoms with E-state index in [0.717, 1.165) is 49.9 Å². The van der Waals surface area contributed by atoms with Gasteiger partial charge in [0.05, 0.1) is 0 Å². The van der Waals surface area contributed by atoms with Crippen LogP contribution in [0.3, 0.4) is 0 Å². The molecule has 0 unspecified atom stereocenters. The molecule has 4 aliphatic rings. The summed E-state index contributed by atoms with van der Waals surface area (Å²) < 4.78 is 6.05. The van der Waals surface area contributed by atoms with Gasteiger partial charge in [-0.3, -0.25) is 9.59 Å². The fourth-order valence-electron chi connectivity index (χ4n) is 11.1. The Balaban J connectivity index is 1.15. The van der Waals surface area contributed by atoms with Gasteiger partial charge in [0.2, 0.25) is 0 Å². The third-order valence-corrected chi connectivity index (χ3v) is 14.0. The van der Waals surface area contributed by atoms with Gasteiger partial charge in [-0.25, -0.2) is 0 Å². The molecule has 3 heteroatoms. The number of hydrogen-bond donors (Lipinski definition) is 0. The first-order chi connectivity index (χ1) is 23.1. The second kappa shape index (κ2) is 19.3. The maximum atomic E-state index is 13.9. The van der Waals surface area contributed by atoms with Crippen LogP contribution in [0.4, 0.5) is 0 Å². The molecule has 3 fully saturated rings. The van der Waals surface area contributed by atoms with Gasteiger partial charge in [0, 0.05) is 18.8 Å². The number of carbonyl (C=O) groups excluding carboxylic acids is 2. The predicted molar refractivity (Wildman–Crippen MR) is 203 cm³/mol. The zero-order valence-electron chi connectivity index (χ0n) is 32.5. The Labute approximate surface area is 297 Å². The van der Waals surface area contributed by atoms with Crippen LogP contribution >= 0.6 is 0 Å². The molecule has 0 radical (unpaired) electrons. The number of ketones is 1. The molecular formula is C45H76O3. The molecule has 4 rings (SSSR count). The van der Waals surface area contributed by atoms with Crippen LogP contribution in [0, 0.1) is 46.3 Å². The highest BCUT2D eigenvalue weighted by molar-refractivity contribution is 5.94. The van der Waals surface area contributed by atoms with E-state index < -0.39 is 0 Å². The Kier molecular flexibility index (Phi) is 15.8. The molecule has 0 heterocycles. The van der Waals surface area contributed by atoms with Gasteiger partial charge in [0.25, 0.3) is 0 Å². The monoisotopic (exact) mass is 665 g/mol. The number of allylic oxidation sites excluding steroid dienone is 3. The molecule has 274 valence electrons. The first-order valence-corrected chi connectivity index (χ1v) is 21.2. The minimum absolute atomic E-state index is 0.0326. The van der Waals surface area contributed by atoms with Crippen LogP contribution in [0.15, 0.2) is 23.8 Å². The van der Waals surface area contributed by atoms with Gasteiger partial charge in [0.1, 0.15) is 6.10 Å². The van der Waals surface area contributed by atoms with E-state index in [2.05, 4.69) is 59.8 Å². The Bertz CT molecular complexity index is 1050. The molecule has 0 bridgehead atoms. The lowest BCUT2D eigenvalue weighted by Gasteiger charge is -2.57. The summed E-state index contributed by atoms with van der Waals surface area (Å²) in [7, 11) is 0. The molecule has 0 aromatic carbocycles. The summed E-state index contributed by atoms with van der Waals surface area (Å²) in [5, 5.41) is 0. The van der Waals surface area contributed by atoms with Gasteiger partial charge in [-0.15, -0.1) is 0 Å². The first kappa shape index (κ1) is 39.4. The summed E-state index contributed by atoms with van der Waals surface area (Å²) in [5.74, 6) is 3.88. The molecule has 0 aromatic rings. The van der Waals surface area contributed by atoms with Crippen LogP contribution in [-0.2, 0) is 14.3 Å². The van der Waals surface area contributed by atoms with Crippen LogP contribution in [0.2, 0.25) is 0 Å². The largest absolute Gasteiger partial charge is 0.462 e. The number of hydrogen-bond acceptors (Lipinski definition) is 3. The Morgan fingerprint density at radius 2 is 1.48 bits per heavy atom. The van der Waals surface area contributed by atoms with Gasteiger partial charge >= 0.3 is 5.97 Å². The van der Waals surface area contributed by atoms with Crippen molar-refractivity contribution in [2.45, 2.75) is 202 Å². The minimum Gasteiger partial charge on any atom is -0.462 e. The molecule has 3 saturated carbocycles. The number of rotatable bonds is 21. The normalized spacial score (nSPS) is 32.2. The van der Waals surface area contributed by atoms with Crippen molar-refractivity contribution in [2.75, 3.05) is 0 Å². The summed E-state index contributed by atoms with van der Waals surface area (Å²) in [4.78, 5) is 26.7. The summed E-state index contributed by atoms with van der Waals surface area (Å²) in [6.45, 7) is 14.5. The van der Waals surface area contributed by atoms with Crippen LogP contribution in [0.25, 0.3) is 0 Å². The molecular weight excluding hydrogens is 588 g/mol. The van der Waals surface area contributed by atoms with Gasteiger partial charge in [-0.05, 0) is 117 Å². The van der Waals surface area contributed by atoms with E-state index >= 15 is 0 Å². The van der Waals surface area contributed by atoms with Crippen molar-refractivity contribution in [3.05, 3.63) is 23.8 Å². The molecule has 0 amide bonds. The van der Waals surface area contributed by atoms with E-state index in [4.69, 9.17) is 4.74 Å². The topological polar surface area (TPSA) is 43.4 Å². The standard InChI is InChI=1S/C45H76O3/c1-7-8-9-10-11-12-13-14-15-16-17-18-19-20-21-25-42(47)48-37-28-30-44(5)36(32-37)33-41(46)43-39-27-26-38(35(4)24-22-23-34(2)3)45(39,6)31-29-40(43)44/h14-15,33-35,37-40,43H,7-13,16-32H2,1-6H3/b15-14-/t35-,37+,38-,39+,40+,43+,44+,45-/m1/s1. The van der Waals surface area contributed by atoms with Crippen LogP contribution < -0.4 is 0 Å². The van der Waals surface area contributed by atoms with E-state index in [0.29, 0.717) is 29.5 Å². The highest BCUT2D eigenvalue weighted by atomic mass is 16.5. The van der Waals surface area contributed by atoms with Crippen molar-refractivity contribution >= 4 is 11.8 Å². The molecule has 0 N–H and O–H groups in total. The van der Waals surface area contributed by atoms with Crippen molar-refractivity contribution in [3.63, 3.8) is 0 Å². The van der Waals surface area contributed by atoms with E-state index in [-0.39, 0.29) is 23.4 Å². The van der Waals surface area contributed by atoms with Gasteiger partial charge in [-0.2, -0.15) is 0 Å². The number of carbonyl (C=O) groups is 2. The Morgan fingerprint density at radius 3 is 2.17 bits per heavy atom. The molecule has 0 aliphatic heterocycles. The van der Waals surface area contributed by atoms with Gasteiger partial charge in [-0.1, -0.05) is 130 Å². The first-order valence-electron chi connectivity index (χ1n) is 21.2. The van der Waals surface area contributed by atoms with Crippen molar-refractivity contribution in [3.8, 4) is 0 Å². The van der Waals surface area contributed by atoms with Crippen LogP contribution in [0.1, 0.15) is 196 Å². The maximum Gasteiger partial charge on any atom is 0.306 e. The van der Waals surface area contributed by atoms with Crippen molar-refractivity contribution in [2.24, 2.45) is 46.3 Å². The zero-order valence-corrected chi connectivity index (χ0v) is 32.5. The lowest BCUT2D eigenvalue weighted by molar-refractivity contribution is -0.152. The fraction of sp³-hybridized carbons (Fsp3) is 0.867. The van der Waals surface area contributed by atoms with E-state index in [1.807, 2.05) is 0 Å². The Hall–Kier alpha value is -1.38. The van der Waals surface area contributed by atoms with Gasteiger partial charge < -0.3 is 4.74 Å². The summed E-state index contributed by atoms with van der Waals surface area (Å²) in [5.41, 5.74) is 1.69. The minimum atomic E-state index is -0.0549. The number of esters is 1. The lowest BCUT2D eigenvalue weighted by Crippen LogP contribution is -2.53. The molecule has 3 nitrogen and oxygen atoms in total.